The van der Waals surface area contributed by atoms with Crippen LogP contribution in [0.1, 0.15) is 17.2 Å². The molecule has 2 aromatic carbocycles. The smallest absolute Gasteiger partial charge is 0.269 e. The molecule has 0 radical (unpaired) electrons. The van der Waals surface area contributed by atoms with Crippen LogP contribution in [0.2, 0.25) is 0 Å². The van der Waals surface area contributed by atoms with Crippen molar-refractivity contribution in [3.63, 3.8) is 0 Å². The van der Waals surface area contributed by atoms with Gasteiger partial charge in [-0.25, -0.2) is 4.98 Å². The summed E-state index contributed by atoms with van der Waals surface area (Å²) < 4.78 is 7.33. The van der Waals surface area contributed by atoms with Crippen LogP contribution in [0.25, 0.3) is 10.9 Å². The zero-order valence-electron chi connectivity index (χ0n) is 14.0. The Labute approximate surface area is 149 Å². The maximum atomic E-state index is 11.0. The van der Waals surface area contributed by atoms with E-state index in [0.29, 0.717) is 0 Å². The summed E-state index contributed by atoms with van der Waals surface area (Å²) in [5.74, 6) is 0.770. The van der Waals surface area contributed by atoms with Crippen LogP contribution < -0.4 is 4.74 Å². The molecule has 130 valence electrons. The zero-order valence-corrected chi connectivity index (χ0v) is 14.0. The predicted molar refractivity (Wildman–Crippen MR) is 97.4 cm³/mol. The number of imidazole rings is 1. The van der Waals surface area contributed by atoms with Crippen molar-refractivity contribution in [2.75, 3.05) is 7.11 Å². The number of hydrogen-bond acceptors (Lipinski definition) is 4. The number of nitrogens with zero attached hydrogens (tertiary/aromatic N) is 3. The quantitative estimate of drug-likeness (QED) is 0.437. The van der Waals surface area contributed by atoms with E-state index in [-0.39, 0.29) is 11.7 Å². The molecule has 0 fully saturated rings. The monoisotopic (exact) mass is 348 g/mol. The fourth-order valence-corrected chi connectivity index (χ4v) is 3.19. The third-order valence-corrected chi connectivity index (χ3v) is 4.46. The van der Waals surface area contributed by atoms with Gasteiger partial charge in [-0.1, -0.05) is 0 Å². The van der Waals surface area contributed by atoms with Crippen LogP contribution in [-0.4, -0.2) is 26.6 Å². The number of methoxy groups -OCH3 is 1. The minimum absolute atomic E-state index is 0.0683. The lowest BCUT2D eigenvalue weighted by Crippen LogP contribution is -2.10. The van der Waals surface area contributed by atoms with Crippen molar-refractivity contribution in [2.24, 2.45) is 0 Å². The van der Waals surface area contributed by atoms with Gasteiger partial charge in [-0.2, -0.15) is 0 Å². The predicted octanol–water partition coefficient (Wildman–Crippen LogP) is 3.92. The van der Waals surface area contributed by atoms with Gasteiger partial charge in [0.15, 0.2) is 0 Å². The summed E-state index contributed by atoms with van der Waals surface area (Å²) in [7, 11) is 1.64. The molecule has 4 aromatic rings. The highest BCUT2D eigenvalue weighted by Gasteiger charge is 2.21. The van der Waals surface area contributed by atoms with Crippen molar-refractivity contribution in [1.29, 1.82) is 0 Å². The minimum atomic E-state index is -0.396. The molecule has 0 saturated heterocycles. The second-order valence-electron chi connectivity index (χ2n) is 5.92. The number of benzene rings is 2. The molecule has 0 saturated carbocycles. The maximum Gasteiger partial charge on any atom is 0.269 e. The lowest BCUT2D eigenvalue weighted by Gasteiger charge is -2.19. The van der Waals surface area contributed by atoms with Gasteiger partial charge in [0.05, 0.1) is 24.4 Å². The topological polar surface area (TPSA) is 86.0 Å². The number of nitro groups is 1. The number of hydrogen-bond donors (Lipinski definition) is 1. The van der Waals surface area contributed by atoms with Crippen LogP contribution in [0.15, 0.2) is 67.4 Å². The molecule has 0 aliphatic carbocycles. The van der Waals surface area contributed by atoms with E-state index >= 15 is 0 Å². The molecule has 1 atom stereocenters. The third-order valence-electron chi connectivity index (χ3n) is 4.46. The number of rotatable bonds is 5. The minimum Gasteiger partial charge on any atom is -0.497 e. The average molecular weight is 348 g/mol. The summed E-state index contributed by atoms with van der Waals surface area (Å²) in [5.41, 5.74) is 3.02. The Balaban J connectivity index is 1.88. The lowest BCUT2D eigenvalue weighted by molar-refractivity contribution is -0.384. The van der Waals surface area contributed by atoms with E-state index in [2.05, 4.69) is 9.97 Å². The molecule has 0 bridgehead atoms. The van der Waals surface area contributed by atoms with Gasteiger partial charge in [0, 0.05) is 47.2 Å². The van der Waals surface area contributed by atoms with Crippen molar-refractivity contribution < 1.29 is 9.66 Å². The van der Waals surface area contributed by atoms with E-state index in [1.165, 1.54) is 12.1 Å². The maximum absolute atomic E-state index is 11.0. The number of nitrogens with one attached hydrogen (secondary N) is 1. The summed E-state index contributed by atoms with van der Waals surface area (Å²) in [6, 6.07) is 12.3. The highest BCUT2D eigenvalue weighted by atomic mass is 16.6. The first-order chi connectivity index (χ1) is 12.7. The molecule has 1 N–H and O–H groups in total. The number of aromatic nitrogens is 3. The summed E-state index contributed by atoms with van der Waals surface area (Å²) in [6.07, 6.45) is 7.29. The van der Waals surface area contributed by atoms with E-state index in [9.17, 15) is 10.1 Å². The Bertz CT molecular complexity index is 1050. The molecule has 1 unspecified atom stereocenters. The molecule has 2 aromatic heterocycles. The zero-order chi connectivity index (χ0) is 18.1. The third kappa shape index (κ3) is 2.69. The highest BCUT2D eigenvalue weighted by Crippen LogP contribution is 2.34. The number of aromatic amines is 1. The normalized spacial score (nSPS) is 12.2. The molecule has 0 amide bonds. The van der Waals surface area contributed by atoms with Crippen LogP contribution in [0.4, 0.5) is 5.69 Å². The summed E-state index contributed by atoms with van der Waals surface area (Å²) in [5, 5.41) is 12.0. The van der Waals surface area contributed by atoms with Crippen LogP contribution in [0, 0.1) is 10.1 Å². The second kappa shape index (κ2) is 6.36. The Hall–Kier alpha value is -3.61. The Kier molecular flexibility index (Phi) is 3.89. The van der Waals surface area contributed by atoms with Crippen molar-refractivity contribution in [1.82, 2.24) is 14.5 Å². The molecular formula is C19H16N4O3. The first kappa shape index (κ1) is 15.9. The van der Waals surface area contributed by atoms with Gasteiger partial charge in [0.25, 0.3) is 5.69 Å². The van der Waals surface area contributed by atoms with Gasteiger partial charge in [-0.3, -0.25) is 10.1 Å². The number of ether oxygens (including phenoxy) is 1. The molecule has 0 aliphatic heterocycles. The Morgan fingerprint density at radius 1 is 1.23 bits per heavy atom. The van der Waals surface area contributed by atoms with Crippen LogP contribution >= 0.6 is 0 Å². The second-order valence-corrected chi connectivity index (χ2v) is 5.92. The highest BCUT2D eigenvalue weighted by molar-refractivity contribution is 5.85. The first-order valence-electron chi connectivity index (χ1n) is 8.04. The number of non-ortho nitro benzene ring substituents is 1. The molecule has 4 rings (SSSR count). The fraction of sp³-hybridized carbons (Fsp3) is 0.105. The molecule has 0 spiro atoms. The van der Waals surface area contributed by atoms with E-state index < -0.39 is 4.92 Å². The Morgan fingerprint density at radius 2 is 2.04 bits per heavy atom. The molecule has 2 heterocycles. The van der Waals surface area contributed by atoms with Gasteiger partial charge in [0.2, 0.25) is 0 Å². The van der Waals surface area contributed by atoms with Gasteiger partial charge < -0.3 is 14.3 Å². The molecule has 0 aliphatic rings. The standard InChI is InChI=1S/C19H16N4O3/c1-26-15-6-7-18-16(10-15)17(11-21-18)19(22-9-8-20-12-22)13-2-4-14(5-3-13)23(24)25/h2-12,19,21H,1H3. The van der Waals surface area contributed by atoms with Gasteiger partial charge >= 0.3 is 0 Å². The SMILES string of the molecule is COc1ccc2[nH]cc(C(c3ccc([N+](=O)[O-])cc3)n3ccnc3)c2c1. The Morgan fingerprint density at radius 3 is 2.69 bits per heavy atom. The van der Waals surface area contributed by atoms with Crippen molar-refractivity contribution in [2.45, 2.75) is 6.04 Å². The molecule has 7 heteroatoms. The first-order valence-corrected chi connectivity index (χ1v) is 8.04. The van der Waals surface area contributed by atoms with E-state index in [0.717, 1.165) is 27.8 Å². The van der Waals surface area contributed by atoms with Gasteiger partial charge in [-0.15, -0.1) is 0 Å². The van der Waals surface area contributed by atoms with Crippen LogP contribution in [0.5, 0.6) is 5.75 Å². The molecular weight excluding hydrogens is 332 g/mol. The summed E-state index contributed by atoms with van der Waals surface area (Å²) >= 11 is 0. The van der Waals surface area contributed by atoms with E-state index in [4.69, 9.17) is 4.74 Å². The fourth-order valence-electron chi connectivity index (χ4n) is 3.19. The van der Waals surface area contributed by atoms with E-state index in [1.807, 2.05) is 35.2 Å². The largest absolute Gasteiger partial charge is 0.497 e. The lowest BCUT2D eigenvalue weighted by atomic mass is 9.97. The number of nitro benzene ring substituents is 1. The molecule has 26 heavy (non-hydrogen) atoms. The van der Waals surface area contributed by atoms with E-state index in [1.54, 1.807) is 31.8 Å². The van der Waals surface area contributed by atoms with Crippen LogP contribution in [-0.2, 0) is 0 Å². The van der Waals surface area contributed by atoms with Crippen LogP contribution in [0.3, 0.4) is 0 Å². The van der Waals surface area contributed by atoms with Crippen molar-refractivity contribution in [3.8, 4) is 5.75 Å². The summed E-state index contributed by atoms with van der Waals surface area (Å²) in [6.45, 7) is 0. The van der Waals surface area contributed by atoms with Crippen molar-refractivity contribution >= 4 is 16.6 Å². The molecule has 7 nitrogen and oxygen atoms in total. The number of H-pyrrole nitrogens is 1. The number of fused-ring (bicyclic) bond motifs is 1. The summed E-state index contributed by atoms with van der Waals surface area (Å²) in [4.78, 5) is 18.0. The van der Waals surface area contributed by atoms with Crippen molar-refractivity contribution in [3.05, 3.63) is 88.6 Å². The average Bonchev–Trinajstić information content (AvgIpc) is 3.33. The van der Waals surface area contributed by atoms with Gasteiger partial charge in [0.1, 0.15) is 5.75 Å². The van der Waals surface area contributed by atoms with Gasteiger partial charge in [-0.05, 0) is 35.9 Å².